The van der Waals surface area contributed by atoms with Crippen LogP contribution in [-0.2, 0) is 10.3 Å². The van der Waals surface area contributed by atoms with Gasteiger partial charge in [-0.1, -0.05) is 0 Å². The van der Waals surface area contributed by atoms with Gasteiger partial charge in [-0.15, -0.1) is 0 Å². The van der Waals surface area contributed by atoms with Crippen molar-refractivity contribution in [2.45, 2.75) is 0 Å². The first-order valence-electron chi connectivity index (χ1n) is 3.21. The maximum Gasteiger partial charge on any atom is 0.156 e. The second-order valence-electron chi connectivity index (χ2n) is 3.23. The summed E-state index contributed by atoms with van der Waals surface area (Å²) in [6, 6.07) is 0. The van der Waals surface area contributed by atoms with Gasteiger partial charge in [0.1, 0.15) is 6.54 Å². The van der Waals surface area contributed by atoms with Gasteiger partial charge in [0.15, 0.2) is 10.3 Å². The van der Waals surface area contributed by atoms with Crippen LogP contribution in [0.15, 0.2) is 0 Å². The van der Waals surface area contributed by atoms with Gasteiger partial charge in [0.2, 0.25) is 0 Å². The Kier molecular flexibility index (Phi) is 6.49. The van der Waals surface area contributed by atoms with E-state index in [9.17, 15) is 0 Å². The third kappa shape index (κ3) is 52.7. The van der Waals surface area contributed by atoms with Crippen molar-refractivity contribution < 1.29 is 22.6 Å². The van der Waals surface area contributed by atoms with Crippen molar-refractivity contribution in [1.29, 1.82) is 0 Å². The average Bonchev–Trinajstić information content (AvgIpc) is 1.54. The molecule has 0 spiro atoms. The van der Waals surface area contributed by atoms with Crippen molar-refractivity contribution in [3.05, 3.63) is 0 Å². The van der Waals surface area contributed by atoms with Gasteiger partial charge in [-0.3, -0.25) is 0 Å². The Morgan fingerprint density at radius 3 is 1.67 bits per heavy atom. The second kappa shape index (κ2) is 5.44. The maximum atomic E-state index is 8.85. The lowest BCUT2D eigenvalue weighted by Crippen LogP contribution is -2.36. The van der Waals surface area contributed by atoms with Gasteiger partial charge in [-0.25, -0.2) is 13.6 Å². The quantitative estimate of drug-likeness (QED) is 0.401. The van der Waals surface area contributed by atoms with Crippen LogP contribution >= 0.6 is 0 Å². The number of hydrogen-bond donors (Lipinski definition) is 2. The highest BCUT2D eigenvalue weighted by atomic mass is 32.2. The summed E-state index contributed by atoms with van der Waals surface area (Å²) in [5, 5.41) is 12.2. The van der Waals surface area contributed by atoms with E-state index in [1.54, 1.807) is 0 Å². The molecule has 0 aromatic rings. The molecule has 12 heavy (non-hydrogen) atoms. The van der Waals surface area contributed by atoms with Crippen molar-refractivity contribution in [2.75, 3.05) is 34.3 Å². The first-order chi connectivity index (χ1) is 5.06. The van der Waals surface area contributed by atoms with E-state index in [1.807, 2.05) is 0 Å². The second-order valence-corrected chi connectivity index (χ2v) is 4.22. The van der Waals surface area contributed by atoms with E-state index in [4.69, 9.17) is 18.1 Å². The number of aliphatic hydroxyl groups excluding tert-OH is 1. The zero-order chi connectivity index (χ0) is 10.4. The van der Waals surface area contributed by atoms with Crippen molar-refractivity contribution in [3.8, 4) is 0 Å². The Bertz CT molecular complexity index is 186. The summed E-state index contributed by atoms with van der Waals surface area (Å²) in [7, 11) is 1.74. The standard InChI is InChI=1S/C5H14NO.H3NO3S/c1-6(2,3)4-5-7;1-5(2,3)4/h7H,4-5H2,1-3H3;(H3,1,2,3,4)/q+1;/p-1. The predicted octanol–water partition coefficient (Wildman–Crippen LogP) is -1.91. The predicted molar refractivity (Wildman–Crippen MR) is 43.9 cm³/mol. The van der Waals surface area contributed by atoms with Crippen LogP contribution in [0.2, 0.25) is 0 Å². The van der Waals surface area contributed by atoms with Gasteiger partial charge in [-0.05, 0) is 0 Å². The van der Waals surface area contributed by atoms with Crippen LogP contribution in [0.3, 0.4) is 0 Å². The van der Waals surface area contributed by atoms with Crippen LogP contribution in [0.4, 0.5) is 0 Å². The largest absolute Gasteiger partial charge is 0.736 e. The van der Waals surface area contributed by atoms with Crippen LogP contribution in [0.1, 0.15) is 0 Å². The molecule has 0 radical (unpaired) electrons. The van der Waals surface area contributed by atoms with Crippen molar-refractivity contribution >= 4 is 10.3 Å². The van der Waals surface area contributed by atoms with Crippen LogP contribution < -0.4 is 5.14 Å². The molecule has 6 nitrogen and oxygen atoms in total. The van der Waals surface area contributed by atoms with Gasteiger partial charge >= 0.3 is 0 Å². The summed E-state index contributed by atoms with van der Waals surface area (Å²) in [5.41, 5.74) is 0. The van der Waals surface area contributed by atoms with E-state index in [1.165, 1.54) is 0 Å². The van der Waals surface area contributed by atoms with E-state index in [0.29, 0.717) is 0 Å². The number of hydrogen-bond acceptors (Lipinski definition) is 4. The number of likely N-dealkylation sites (N-methyl/N-ethyl adjacent to an activating group) is 1. The number of rotatable bonds is 2. The Labute approximate surface area is 73.1 Å². The van der Waals surface area contributed by atoms with E-state index in [-0.39, 0.29) is 6.61 Å². The molecule has 76 valence electrons. The molecule has 0 saturated carbocycles. The molecule has 0 aliphatic carbocycles. The maximum absolute atomic E-state index is 8.85. The average molecular weight is 200 g/mol. The van der Waals surface area contributed by atoms with E-state index in [2.05, 4.69) is 26.3 Å². The van der Waals surface area contributed by atoms with Gasteiger partial charge in [0.05, 0.1) is 27.7 Å². The Morgan fingerprint density at radius 2 is 1.67 bits per heavy atom. The minimum atomic E-state index is -4.42. The molecule has 7 heteroatoms. The highest BCUT2D eigenvalue weighted by Crippen LogP contribution is 1.84. The molecular weight excluding hydrogens is 184 g/mol. The normalized spacial score (nSPS) is 11.8. The summed E-state index contributed by atoms with van der Waals surface area (Å²) < 4.78 is 27.4. The van der Waals surface area contributed by atoms with Crippen LogP contribution in [-0.4, -0.2) is 56.9 Å². The first-order valence-corrected chi connectivity index (χ1v) is 4.68. The SMILES string of the molecule is C[N+](C)(C)CCO.NS(=O)(=O)[O-]. The zero-order valence-electron chi connectivity index (χ0n) is 7.52. The molecule has 0 saturated heterocycles. The third-order valence-corrected chi connectivity index (χ3v) is 0.771. The molecule has 0 aromatic carbocycles. The van der Waals surface area contributed by atoms with Gasteiger partial charge in [0, 0.05) is 0 Å². The van der Waals surface area contributed by atoms with Crippen molar-refractivity contribution in [1.82, 2.24) is 0 Å². The van der Waals surface area contributed by atoms with Gasteiger partial charge < -0.3 is 14.1 Å². The molecule has 0 bridgehead atoms. The number of aliphatic hydroxyl groups is 1. The number of nitrogens with two attached hydrogens (primary N) is 1. The fourth-order valence-corrected chi connectivity index (χ4v) is 0.300. The molecule has 3 N–H and O–H groups in total. The highest BCUT2D eigenvalue weighted by Gasteiger charge is 2.02. The molecule has 0 fully saturated rings. The molecule has 0 amide bonds. The molecule has 0 unspecified atom stereocenters. The first kappa shape index (κ1) is 14.3. The number of nitrogens with zero attached hydrogens (tertiary/aromatic N) is 1. The van der Waals surface area contributed by atoms with Crippen LogP contribution in [0, 0.1) is 0 Å². The van der Waals surface area contributed by atoms with Crippen LogP contribution in [0.5, 0.6) is 0 Å². The Morgan fingerprint density at radius 1 is 1.42 bits per heavy atom. The molecule has 0 aromatic heterocycles. The molecule has 0 heterocycles. The summed E-state index contributed by atoms with van der Waals surface area (Å²) >= 11 is 0. The van der Waals surface area contributed by atoms with Gasteiger partial charge in [-0.2, -0.15) is 0 Å². The lowest BCUT2D eigenvalue weighted by Gasteiger charge is -2.21. The van der Waals surface area contributed by atoms with Crippen molar-refractivity contribution in [2.24, 2.45) is 5.14 Å². The monoisotopic (exact) mass is 200 g/mol. The third-order valence-electron chi connectivity index (χ3n) is 0.771. The number of quaternary nitrogens is 1. The summed E-state index contributed by atoms with van der Waals surface area (Å²) in [6.45, 7) is 1.11. The van der Waals surface area contributed by atoms with E-state index >= 15 is 0 Å². The topological polar surface area (TPSA) is 103 Å². The molecule has 0 aliphatic heterocycles. The minimum Gasteiger partial charge on any atom is -0.736 e. The summed E-state index contributed by atoms with van der Waals surface area (Å²) in [5.74, 6) is 0. The van der Waals surface area contributed by atoms with Crippen molar-refractivity contribution in [3.63, 3.8) is 0 Å². The minimum absolute atomic E-state index is 0.281. The van der Waals surface area contributed by atoms with Gasteiger partial charge in [0.25, 0.3) is 0 Å². The lowest BCUT2D eigenvalue weighted by atomic mass is 10.5. The molecule has 0 aliphatic rings. The molecule has 0 atom stereocenters. The summed E-state index contributed by atoms with van der Waals surface area (Å²) in [4.78, 5) is 0. The fraction of sp³-hybridized carbons (Fsp3) is 1.00. The lowest BCUT2D eigenvalue weighted by molar-refractivity contribution is -0.870. The zero-order valence-corrected chi connectivity index (χ0v) is 8.34. The fourth-order valence-electron chi connectivity index (χ4n) is 0.300. The highest BCUT2D eigenvalue weighted by molar-refractivity contribution is 7.83. The van der Waals surface area contributed by atoms with E-state index in [0.717, 1.165) is 11.0 Å². The summed E-state index contributed by atoms with van der Waals surface area (Å²) in [6.07, 6.45) is 0. The Hall–Kier alpha value is -0.210. The molecule has 0 rings (SSSR count). The van der Waals surface area contributed by atoms with Crippen LogP contribution in [0.25, 0.3) is 0 Å². The van der Waals surface area contributed by atoms with E-state index < -0.39 is 10.3 Å². The molecular formula is C5H16N2O4S. The smallest absolute Gasteiger partial charge is 0.156 e. The Balaban J connectivity index is 0.